The third-order valence-corrected chi connectivity index (χ3v) is 4.35. The van der Waals surface area contributed by atoms with E-state index in [0.717, 1.165) is 24.0 Å². The van der Waals surface area contributed by atoms with E-state index in [0.29, 0.717) is 6.54 Å². The predicted molar refractivity (Wildman–Crippen MR) is 84.6 cm³/mol. The van der Waals surface area contributed by atoms with Gasteiger partial charge in [0.15, 0.2) is 0 Å². The fourth-order valence-electron chi connectivity index (χ4n) is 2.88. The number of hydrogen-bond acceptors (Lipinski definition) is 3. The van der Waals surface area contributed by atoms with Gasteiger partial charge in [-0.3, -0.25) is 9.69 Å². The molecule has 1 heterocycles. The standard InChI is InChI=1S/C15H22BrN3O/c1-3-13(11-5-4-6-12(16)9-11)19-8-7-18-10-14(19)15(20)17-2/h4-6,9,13-14,18H,3,7-8,10H2,1-2H3,(H,17,20). The Kier molecular flexibility index (Phi) is 5.57. The molecule has 0 radical (unpaired) electrons. The average Bonchev–Trinajstić information content (AvgIpc) is 2.48. The molecule has 5 heteroatoms. The van der Waals surface area contributed by atoms with Gasteiger partial charge in [0.2, 0.25) is 5.91 Å². The maximum absolute atomic E-state index is 12.1. The highest BCUT2D eigenvalue weighted by atomic mass is 79.9. The summed E-state index contributed by atoms with van der Waals surface area (Å²) in [6.07, 6.45) is 0.990. The Hall–Kier alpha value is -0.910. The summed E-state index contributed by atoms with van der Waals surface area (Å²) in [5, 5.41) is 6.09. The van der Waals surface area contributed by atoms with Crippen LogP contribution in [0.5, 0.6) is 0 Å². The molecule has 1 aliphatic rings. The van der Waals surface area contributed by atoms with Gasteiger partial charge < -0.3 is 10.6 Å². The molecule has 2 rings (SSSR count). The number of nitrogens with one attached hydrogen (secondary N) is 2. The van der Waals surface area contributed by atoms with E-state index >= 15 is 0 Å². The Morgan fingerprint density at radius 2 is 2.40 bits per heavy atom. The van der Waals surface area contributed by atoms with Crippen molar-refractivity contribution in [2.75, 3.05) is 26.7 Å². The molecule has 1 aliphatic heterocycles. The Balaban J connectivity index is 2.26. The second kappa shape index (κ2) is 7.20. The number of amides is 1. The molecule has 1 fully saturated rings. The maximum Gasteiger partial charge on any atom is 0.238 e. The summed E-state index contributed by atoms with van der Waals surface area (Å²) in [7, 11) is 1.70. The number of likely N-dealkylation sites (N-methyl/N-ethyl adjacent to an activating group) is 1. The van der Waals surface area contributed by atoms with Crippen LogP contribution in [0.3, 0.4) is 0 Å². The number of carbonyl (C=O) groups is 1. The number of rotatable bonds is 4. The minimum Gasteiger partial charge on any atom is -0.358 e. The summed E-state index contributed by atoms with van der Waals surface area (Å²) in [6, 6.07) is 8.55. The van der Waals surface area contributed by atoms with Gasteiger partial charge in [-0.2, -0.15) is 0 Å². The van der Waals surface area contributed by atoms with Gasteiger partial charge >= 0.3 is 0 Å². The van der Waals surface area contributed by atoms with Crippen LogP contribution >= 0.6 is 15.9 Å². The first-order valence-electron chi connectivity index (χ1n) is 7.11. The molecule has 0 spiro atoms. The number of piperazine rings is 1. The van der Waals surface area contributed by atoms with Gasteiger partial charge in [-0.15, -0.1) is 0 Å². The lowest BCUT2D eigenvalue weighted by Crippen LogP contribution is -2.58. The molecule has 0 aliphatic carbocycles. The average molecular weight is 340 g/mol. The van der Waals surface area contributed by atoms with Crippen LogP contribution in [0.1, 0.15) is 24.9 Å². The van der Waals surface area contributed by atoms with Crippen molar-refractivity contribution in [1.82, 2.24) is 15.5 Å². The molecule has 20 heavy (non-hydrogen) atoms. The van der Waals surface area contributed by atoms with Crippen molar-refractivity contribution >= 4 is 21.8 Å². The van der Waals surface area contributed by atoms with Crippen molar-refractivity contribution in [3.63, 3.8) is 0 Å². The molecule has 2 N–H and O–H groups in total. The Bertz CT molecular complexity index is 466. The van der Waals surface area contributed by atoms with Crippen molar-refractivity contribution in [3.05, 3.63) is 34.3 Å². The van der Waals surface area contributed by atoms with Crippen molar-refractivity contribution < 1.29 is 4.79 Å². The first-order chi connectivity index (χ1) is 9.67. The molecular weight excluding hydrogens is 318 g/mol. The van der Waals surface area contributed by atoms with E-state index in [9.17, 15) is 4.79 Å². The van der Waals surface area contributed by atoms with Crippen molar-refractivity contribution in [2.24, 2.45) is 0 Å². The van der Waals surface area contributed by atoms with E-state index in [4.69, 9.17) is 0 Å². The molecule has 1 aromatic rings. The number of nitrogens with zero attached hydrogens (tertiary/aromatic N) is 1. The lowest BCUT2D eigenvalue weighted by molar-refractivity contribution is -0.127. The maximum atomic E-state index is 12.1. The van der Waals surface area contributed by atoms with Gasteiger partial charge in [-0.05, 0) is 24.1 Å². The fourth-order valence-corrected chi connectivity index (χ4v) is 3.30. The Morgan fingerprint density at radius 3 is 3.05 bits per heavy atom. The Morgan fingerprint density at radius 1 is 1.60 bits per heavy atom. The highest BCUT2D eigenvalue weighted by molar-refractivity contribution is 9.10. The van der Waals surface area contributed by atoms with Gasteiger partial charge in [-0.25, -0.2) is 0 Å². The summed E-state index contributed by atoms with van der Waals surface area (Å²) in [6.45, 7) is 4.71. The molecule has 0 saturated carbocycles. The van der Waals surface area contributed by atoms with Crippen LogP contribution in [0.2, 0.25) is 0 Å². The van der Waals surface area contributed by atoms with E-state index in [1.807, 2.05) is 6.07 Å². The Labute approximate surface area is 129 Å². The predicted octanol–water partition coefficient (Wildman–Crippen LogP) is 1.92. The molecule has 1 amide bonds. The normalized spacial score (nSPS) is 21.4. The zero-order chi connectivity index (χ0) is 14.5. The number of halogens is 1. The summed E-state index contributed by atoms with van der Waals surface area (Å²) < 4.78 is 1.08. The number of benzene rings is 1. The topological polar surface area (TPSA) is 44.4 Å². The van der Waals surface area contributed by atoms with Gasteiger partial charge in [-0.1, -0.05) is 35.0 Å². The van der Waals surface area contributed by atoms with Gasteiger partial charge in [0.1, 0.15) is 6.04 Å². The van der Waals surface area contributed by atoms with Crippen molar-refractivity contribution in [2.45, 2.75) is 25.4 Å². The van der Waals surface area contributed by atoms with E-state index in [2.05, 4.69) is 56.6 Å². The molecule has 0 bridgehead atoms. The molecule has 110 valence electrons. The molecule has 2 atom stereocenters. The zero-order valence-corrected chi connectivity index (χ0v) is 13.6. The van der Waals surface area contributed by atoms with Crippen LogP contribution in [-0.2, 0) is 4.79 Å². The lowest BCUT2D eigenvalue weighted by Gasteiger charge is -2.40. The third-order valence-electron chi connectivity index (χ3n) is 3.85. The highest BCUT2D eigenvalue weighted by Gasteiger charge is 2.32. The van der Waals surface area contributed by atoms with Crippen LogP contribution < -0.4 is 10.6 Å². The van der Waals surface area contributed by atoms with E-state index in [-0.39, 0.29) is 18.0 Å². The van der Waals surface area contributed by atoms with Gasteiger partial charge in [0.25, 0.3) is 0 Å². The monoisotopic (exact) mass is 339 g/mol. The smallest absolute Gasteiger partial charge is 0.238 e. The second-order valence-corrected chi connectivity index (χ2v) is 5.97. The summed E-state index contributed by atoms with van der Waals surface area (Å²) >= 11 is 3.53. The van der Waals surface area contributed by atoms with Crippen LogP contribution in [-0.4, -0.2) is 43.5 Å². The molecular formula is C15H22BrN3O. The second-order valence-electron chi connectivity index (χ2n) is 5.05. The number of hydrogen-bond donors (Lipinski definition) is 2. The van der Waals surface area contributed by atoms with Crippen molar-refractivity contribution in [1.29, 1.82) is 0 Å². The van der Waals surface area contributed by atoms with E-state index in [1.165, 1.54) is 5.56 Å². The van der Waals surface area contributed by atoms with Crippen molar-refractivity contribution in [3.8, 4) is 0 Å². The van der Waals surface area contributed by atoms with Crippen LogP contribution in [0.15, 0.2) is 28.7 Å². The fraction of sp³-hybridized carbons (Fsp3) is 0.533. The van der Waals surface area contributed by atoms with E-state index < -0.39 is 0 Å². The van der Waals surface area contributed by atoms with Crippen LogP contribution in [0.4, 0.5) is 0 Å². The number of carbonyl (C=O) groups excluding carboxylic acids is 1. The van der Waals surface area contributed by atoms with Crippen LogP contribution in [0, 0.1) is 0 Å². The zero-order valence-electron chi connectivity index (χ0n) is 12.0. The largest absolute Gasteiger partial charge is 0.358 e. The molecule has 1 aromatic carbocycles. The highest BCUT2D eigenvalue weighted by Crippen LogP contribution is 2.28. The first-order valence-corrected chi connectivity index (χ1v) is 7.90. The van der Waals surface area contributed by atoms with E-state index in [1.54, 1.807) is 7.05 Å². The lowest BCUT2D eigenvalue weighted by atomic mass is 9.99. The van der Waals surface area contributed by atoms with Gasteiger partial charge in [0.05, 0.1) is 0 Å². The summed E-state index contributed by atoms with van der Waals surface area (Å²) in [5.41, 5.74) is 1.26. The molecule has 0 aromatic heterocycles. The molecule has 1 saturated heterocycles. The third kappa shape index (κ3) is 3.40. The minimum atomic E-state index is -0.0994. The van der Waals surface area contributed by atoms with Crippen LogP contribution in [0.25, 0.3) is 0 Å². The quantitative estimate of drug-likeness (QED) is 0.880. The first kappa shape index (κ1) is 15.5. The SMILES string of the molecule is CCC(c1cccc(Br)c1)N1CCNCC1C(=O)NC. The summed E-state index contributed by atoms with van der Waals surface area (Å²) in [4.78, 5) is 14.4. The minimum absolute atomic E-state index is 0.0886. The van der Waals surface area contributed by atoms with Gasteiger partial charge in [0, 0.05) is 37.2 Å². The molecule has 2 unspecified atom stereocenters. The molecule has 4 nitrogen and oxygen atoms in total. The summed E-state index contributed by atoms with van der Waals surface area (Å²) in [5.74, 6) is 0.0886.